The number of piperidine rings is 1. The summed E-state index contributed by atoms with van der Waals surface area (Å²) in [4.78, 5) is 25.9. The molecule has 0 radical (unpaired) electrons. The summed E-state index contributed by atoms with van der Waals surface area (Å²) in [5.74, 6) is -1.92. The van der Waals surface area contributed by atoms with Crippen molar-refractivity contribution < 1.29 is 23.1 Å². The number of hydrogen-bond acceptors (Lipinski definition) is 3. The van der Waals surface area contributed by atoms with E-state index in [0.717, 1.165) is 17.7 Å². The van der Waals surface area contributed by atoms with Crippen LogP contribution in [0, 0.1) is 11.6 Å². The quantitative estimate of drug-likeness (QED) is 0.875. The molecule has 1 heterocycles. The van der Waals surface area contributed by atoms with E-state index in [-0.39, 0.29) is 19.0 Å². The van der Waals surface area contributed by atoms with Crippen molar-refractivity contribution in [3.05, 3.63) is 65.2 Å². The third-order valence-electron chi connectivity index (χ3n) is 5.14. The first-order valence-electron chi connectivity index (χ1n) is 9.03. The Hall–Kier alpha value is -2.96. The second-order valence-electron chi connectivity index (χ2n) is 6.88. The van der Waals surface area contributed by atoms with E-state index < -0.39 is 28.6 Å². The molecule has 0 atom stereocenters. The van der Waals surface area contributed by atoms with Gasteiger partial charge >= 0.3 is 0 Å². The Labute approximate surface area is 162 Å². The standard InChI is InChI=1S/C21H22F2N2O3/c1-14(26)24-21(15-6-8-16(28-2)9-7-15)10-12-25(13-11-21)20(27)19-17(22)4-3-5-18(19)23/h3-9H,10-13H2,1-2H3,(H,24,26). The van der Waals surface area contributed by atoms with Crippen LogP contribution >= 0.6 is 0 Å². The number of hydrogen-bond donors (Lipinski definition) is 1. The van der Waals surface area contributed by atoms with Crippen molar-refractivity contribution in [3.8, 4) is 5.75 Å². The van der Waals surface area contributed by atoms with E-state index in [1.807, 2.05) is 24.3 Å². The molecule has 1 N–H and O–H groups in total. The molecular weight excluding hydrogens is 366 g/mol. The molecule has 28 heavy (non-hydrogen) atoms. The van der Waals surface area contributed by atoms with Gasteiger partial charge in [-0.3, -0.25) is 9.59 Å². The van der Waals surface area contributed by atoms with Crippen LogP contribution in [-0.4, -0.2) is 36.9 Å². The lowest BCUT2D eigenvalue weighted by atomic mass is 9.80. The molecule has 1 aliphatic heterocycles. The zero-order valence-electron chi connectivity index (χ0n) is 15.8. The van der Waals surface area contributed by atoms with Crippen LogP contribution in [0.2, 0.25) is 0 Å². The first-order valence-corrected chi connectivity index (χ1v) is 9.03. The van der Waals surface area contributed by atoms with E-state index >= 15 is 0 Å². The lowest BCUT2D eigenvalue weighted by Gasteiger charge is -2.42. The van der Waals surface area contributed by atoms with Crippen LogP contribution < -0.4 is 10.1 Å². The van der Waals surface area contributed by atoms with Crippen molar-refractivity contribution in [2.24, 2.45) is 0 Å². The van der Waals surface area contributed by atoms with Crippen molar-refractivity contribution in [1.82, 2.24) is 10.2 Å². The van der Waals surface area contributed by atoms with Crippen LogP contribution in [-0.2, 0) is 10.3 Å². The van der Waals surface area contributed by atoms with Gasteiger partial charge in [-0.15, -0.1) is 0 Å². The highest BCUT2D eigenvalue weighted by atomic mass is 19.1. The summed E-state index contributed by atoms with van der Waals surface area (Å²) in [6.07, 6.45) is 0.863. The van der Waals surface area contributed by atoms with Gasteiger partial charge in [0, 0.05) is 20.0 Å². The third-order valence-corrected chi connectivity index (χ3v) is 5.14. The Morgan fingerprint density at radius 1 is 1.04 bits per heavy atom. The molecule has 0 bridgehead atoms. The van der Waals surface area contributed by atoms with Crippen LogP contribution in [0.4, 0.5) is 8.78 Å². The van der Waals surface area contributed by atoms with Crippen LogP contribution in [0.1, 0.15) is 35.7 Å². The molecule has 2 aromatic carbocycles. The zero-order chi connectivity index (χ0) is 20.3. The van der Waals surface area contributed by atoms with Crippen LogP contribution in [0.15, 0.2) is 42.5 Å². The van der Waals surface area contributed by atoms with Crippen LogP contribution in [0.25, 0.3) is 0 Å². The molecule has 7 heteroatoms. The Morgan fingerprint density at radius 3 is 2.11 bits per heavy atom. The largest absolute Gasteiger partial charge is 0.497 e. The highest BCUT2D eigenvalue weighted by Crippen LogP contribution is 2.34. The number of rotatable bonds is 4. The van der Waals surface area contributed by atoms with Gasteiger partial charge in [0.15, 0.2) is 0 Å². The van der Waals surface area contributed by atoms with Gasteiger partial charge in [0.05, 0.1) is 12.6 Å². The molecule has 1 aliphatic rings. The Balaban J connectivity index is 1.82. The lowest BCUT2D eigenvalue weighted by molar-refractivity contribution is -0.121. The van der Waals surface area contributed by atoms with Gasteiger partial charge in [-0.2, -0.15) is 0 Å². The molecule has 0 saturated carbocycles. The molecule has 0 unspecified atom stereocenters. The van der Waals surface area contributed by atoms with Crippen LogP contribution in [0.3, 0.4) is 0 Å². The molecule has 1 saturated heterocycles. The number of ether oxygens (including phenoxy) is 1. The van der Waals surface area contributed by atoms with E-state index in [2.05, 4.69) is 5.32 Å². The Morgan fingerprint density at radius 2 is 1.61 bits per heavy atom. The molecule has 2 aromatic rings. The predicted molar refractivity (Wildman–Crippen MR) is 100.0 cm³/mol. The fourth-order valence-corrected chi connectivity index (χ4v) is 3.68. The summed E-state index contributed by atoms with van der Waals surface area (Å²) in [6, 6.07) is 10.7. The minimum Gasteiger partial charge on any atom is -0.497 e. The summed E-state index contributed by atoms with van der Waals surface area (Å²) in [5.41, 5.74) is -0.297. The first-order chi connectivity index (χ1) is 13.4. The number of halogens is 2. The third kappa shape index (κ3) is 3.83. The van der Waals surface area contributed by atoms with Gasteiger partial charge in [0.2, 0.25) is 5.91 Å². The fourth-order valence-electron chi connectivity index (χ4n) is 3.68. The van der Waals surface area contributed by atoms with Crippen molar-refractivity contribution in [1.29, 1.82) is 0 Å². The second kappa shape index (κ2) is 7.96. The number of nitrogens with one attached hydrogen (secondary N) is 1. The Kier molecular flexibility index (Phi) is 5.63. The summed E-state index contributed by atoms with van der Waals surface area (Å²) in [6.45, 7) is 1.97. The van der Waals surface area contributed by atoms with Crippen molar-refractivity contribution in [3.63, 3.8) is 0 Å². The number of nitrogens with zero attached hydrogens (tertiary/aromatic N) is 1. The van der Waals surface area contributed by atoms with E-state index in [4.69, 9.17) is 4.74 Å². The molecule has 0 aliphatic carbocycles. The van der Waals surface area contributed by atoms with Crippen molar-refractivity contribution >= 4 is 11.8 Å². The Bertz CT molecular complexity index is 855. The molecule has 0 aromatic heterocycles. The number of likely N-dealkylation sites (tertiary alicyclic amines) is 1. The molecule has 3 rings (SSSR count). The number of amides is 2. The first kappa shape index (κ1) is 19.8. The van der Waals surface area contributed by atoms with Crippen molar-refractivity contribution in [2.45, 2.75) is 25.3 Å². The maximum absolute atomic E-state index is 14.0. The maximum Gasteiger partial charge on any atom is 0.259 e. The average Bonchev–Trinajstić information content (AvgIpc) is 2.68. The molecule has 0 spiro atoms. The SMILES string of the molecule is COc1ccc(C2(NC(C)=O)CCN(C(=O)c3c(F)cccc3F)CC2)cc1. The molecule has 148 valence electrons. The minimum atomic E-state index is -0.876. The topological polar surface area (TPSA) is 58.6 Å². The van der Waals surface area contributed by atoms with Gasteiger partial charge in [-0.1, -0.05) is 18.2 Å². The maximum atomic E-state index is 14.0. The van der Waals surface area contributed by atoms with Crippen LogP contribution in [0.5, 0.6) is 5.75 Å². The number of benzene rings is 2. The number of methoxy groups -OCH3 is 1. The number of carbonyl (C=O) groups is 2. The molecule has 1 fully saturated rings. The molecule has 2 amide bonds. The smallest absolute Gasteiger partial charge is 0.259 e. The van der Waals surface area contributed by atoms with E-state index in [9.17, 15) is 18.4 Å². The second-order valence-corrected chi connectivity index (χ2v) is 6.88. The fraction of sp³-hybridized carbons (Fsp3) is 0.333. The van der Waals surface area contributed by atoms with E-state index in [1.165, 1.54) is 17.9 Å². The van der Waals surface area contributed by atoms with Crippen molar-refractivity contribution in [2.75, 3.05) is 20.2 Å². The van der Waals surface area contributed by atoms with E-state index in [0.29, 0.717) is 18.6 Å². The molecular formula is C21H22F2N2O3. The lowest BCUT2D eigenvalue weighted by Crippen LogP contribution is -2.53. The summed E-state index contributed by atoms with van der Waals surface area (Å²) >= 11 is 0. The monoisotopic (exact) mass is 388 g/mol. The predicted octanol–water partition coefficient (Wildman–Crippen LogP) is 3.24. The van der Waals surface area contributed by atoms with Gasteiger partial charge < -0.3 is 15.0 Å². The van der Waals surface area contributed by atoms with Gasteiger partial charge in [-0.25, -0.2) is 8.78 Å². The van der Waals surface area contributed by atoms with E-state index in [1.54, 1.807) is 7.11 Å². The number of carbonyl (C=O) groups excluding carboxylic acids is 2. The van der Waals surface area contributed by atoms with Gasteiger partial charge in [-0.05, 0) is 42.7 Å². The van der Waals surface area contributed by atoms with Gasteiger partial charge in [0.1, 0.15) is 22.9 Å². The zero-order valence-corrected chi connectivity index (χ0v) is 15.8. The highest BCUT2D eigenvalue weighted by molar-refractivity contribution is 5.94. The summed E-state index contributed by atoms with van der Waals surface area (Å²) in [5, 5.41) is 3.01. The minimum absolute atomic E-state index is 0.184. The highest BCUT2D eigenvalue weighted by Gasteiger charge is 2.39. The summed E-state index contributed by atoms with van der Waals surface area (Å²) < 4.78 is 33.1. The normalized spacial score (nSPS) is 15.8. The summed E-state index contributed by atoms with van der Waals surface area (Å²) in [7, 11) is 1.57. The average molecular weight is 388 g/mol. The van der Waals surface area contributed by atoms with Gasteiger partial charge in [0.25, 0.3) is 5.91 Å². The molecule has 5 nitrogen and oxygen atoms in total.